The molecule has 0 radical (unpaired) electrons. The van der Waals surface area contributed by atoms with Crippen molar-refractivity contribution in [2.24, 2.45) is 0 Å². The molecule has 1 heterocycles. The Labute approximate surface area is 153 Å². The van der Waals surface area contributed by atoms with E-state index >= 15 is 0 Å². The van der Waals surface area contributed by atoms with Crippen LogP contribution in [0.3, 0.4) is 0 Å². The van der Waals surface area contributed by atoms with E-state index in [-0.39, 0.29) is 18.0 Å². The fourth-order valence-corrected chi connectivity index (χ4v) is 2.66. The molecule has 7 heteroatoms. The maximum Gasteiger partial charge on any atom is 0.263 e. The maximum absolute atomic E-state index is 12.7. The van der Waals surface area contributed by atoms with Crippen LogP contribution >= 0.6 is 24.0 Å². The maximum atomic E-state index is 12.7. The van der Waals surface area contributed by atoms with Crippen molar-refractivity contribution in [3.63, 3.8) is 0 Å². The fraction of sp³-hybridized carbons (Fsp3) is 0.412. The van der Waals surface area contributed by atoms with E-state index in [0.717, 1.165) is 26.2 Å². The molecule has 0 spiro atoms. The first-order valence-corrected chi connectivity index (χ1v) is 8.25. The molecule has 0 saturated heterocycles. The summed E-state index contributed by atoms with van der Waals surface area (Å²) in [6, 6.07) is 5.17. The van der Waals surface area contributed by atoms with E-state index in [2.05, 4.69) is 35.6 Å². The molecule has 2 aromatic rings. The van der Waals surface area contributed by atoms with Gasteiger partial charge < -0.3 is 10.2 Å². The van der Waals surface area contributed by atoms with E-state index in [1.165, 1.54) is 0 Å². The molecule has 0 unspecified atom stereocenters. The van der Waals surface area contributed by atoms with Gasteiger partial charge in [0.05, 0.1) is 10.9 Å². The third kappa shape index (κ3) is 4.72. The van der Waals surface area contributed by atoms with Crippen LogP contribution in [0.15, 0.2) is 35.6 Å². The summed E-state index contributed by atoms with van der Waals surface area (Å²) < 4.78 is 1.59. The number of aromatic nitrogens is 2. The molecule has 2 rings (SSSR count). The van der Waals surface area contributed by atoms with Gasteiger partial charge in [-0.05, 0) is 31.3 Å². The van der Waals surface area contributed by atoms with Crippen molar-refractivity contribution in [2.45, 2.75) is 20.4 Å². The molecule has 24 heavy (non-hydrogen) atoms. The average Bonchev–Trinajstić information content (AvgIpc) is 2.55. The van der Waals surface area contributed by atoms with Gasteiger partial charge >= 0.3 is 0 Å². The SMILES string of the molecule is C=CCn1c(NCCN(CC)CC)nc2ccc(Cl)cc2c1=O.Cl. The van der Waals surface area contributed by atoms with Crippen LogP contribution < -0.4 is 10.9 Å². The zero-order valence-electron chi connectivity index (χ0n) is 14.1. The number of allylic oxidation sites excluding steroid dienone is 1. The number of anilines is 1. The van der Waals surface area contributed by atoms with Gasteiger partial charge in [-0.2, -0.15) is 0 Å². The number of rotatable bonds is 8. The summed E-state index contributed by atoms with van der Waals surface area (Å²) >= 11 is 5.99. The summed E-state index contributed by atoms with van der Waals surface area (Å²) in [6.45, 7) is 12.0. The summed E-state index contributed by atoms with van der Waals surface area (Å²) in [5, 5.41) is 4.33. The standard InChI is InChI=1S/C17H23ClN4O.ClH/c1-4-10-22-16(23)14-12-13(18)7-8-15(14)20-17(22)19-9-11-21(5-2)6-3;/h4,7-8,12H,1,5-6,9-11H2,2-3H3,(H,19,20);1H. The van der Waals surface area contributed by atoms with Gasteiger partial charge in [-0.1, -0.05) is 31.5 Å². The molecule has 1 aromatic carbocycles. The third-order valence-corrected chi connectivity index (χ3v) is 4.07. The van der Waals surface area contributed by atoms with Gasteiger partial charge in [-0.15, -0.1) is 19.0 Å². The van der Waals surface area contributed by atoms with Crippen LogP contribution in [0.1, 0.15) is 13.8 Å². The van der Waals surface area contributed by atoms with Gasteiger partial charge in [0.1, 0.15) is 0 Å². The molecule has 0 aliphatic heterocycles. The van der Waals surface area contributed by atoms with Gasteiger partial charge in [0.2, 0.25) is 5.95 Å². The van der Waals surface area contributed by atoms with Crippen LogP contribution in [0.25, 0.3) is 10.9 Å². The number of benzene rings is 1. The Bertz CT molecular complexity index is 741. The largest absolute Gasteiger partial charge is 0.354 e. The number of nitrogens with zero attached hydrogens (tertiary/aromatic N) is 3. The second kappa shape index (κ2) is 9.67. The fourth-order valence-electron chi connectivity index (χ4n) is 2.49. The van der Waals surface area contributed by atoms with E-state index in [0.29, 0.717) is 28.4 Å². The second-order valence-electron chi connectivity index (χ2n) is 5.25. The Morgan fingerprint density at radius 1 is 1.38 bits per heavy atom. The lowest BCUT2D eigenvalue weighted by Crippen LogP contribution is -2.31. The first-order valence-electron chi connectivity index (χ1n) is 7.87. The van der Waals surface area contributed by atoms with Crippen molar-refractivity contribution in [1.29, 1.82) is 0 Å². The highest BCUT2D eigenvalue weighted by Crippen LogP contribution is 2.16. The molecule has 1 aromatic heterocycles. The first kappa shape index (κ1) is 20.5. The first-order chi connectivity index (χ1) is 11.1. The Morgan fingerprint density at radius 3 is 2.71 bits per heavy atom. The van der Waals surface area contributed by atoms with Crippen LogP contribution in [-0.4, -0.2) is 40.6 Å². The minimum atomic E-state index is -0.109. The molecular formula is C17H24Cl2N4O. The molecule has 1 N–H and O–H groups in total. The van der Waals surface area contributed by atoms with Crippen LogP contribution in [-0.2, 0) is 6.54 Å². The van der Waals surface area contributed by atoms with E-state index in [9.17, 15) is 4.79 Å². The van der Waals surface area contributed by atoms with Crippen molar-refractivity contribution in [2.75, 3.05) is 31.5 Å². The van der Waals surface area contributed by atoms with Crippen molar-refractivity contribution in [3.05, 3.63) is 46.2 Å². The highest BCUT2D eigenvalue weighted by Gasteiger charge is 2.10. The molecule has 0 saturated carbocycles. The molecule has 0 aliphatic carbocycles. The Morgan fingerprint density at radius 2 is 2.08 bits per heavy atom. The Hall–Kier alpha value is -1.56. The molecule has 0 amide bonds. The normalized spacial score (nSPS) is 10.7. The lowest BCUT2D eigenvalue weighted by atomic mass is 10.2. The van der Waals surface area contributed by atoms with Crippen LogP contribution in [0.2, 0.25) is 5.02 Å². The summed E-state index contributed by atoms with van der Waals surface area (Å²) in [6.07, 6.45) is 1.69. The lowest BCUT2D eigenvalue weighted by molar-refractivity contribution is 0.315. The number of halogens is 2. The number of fused-ring (bicyclic) bond motifs is 1. The molecular weight excluding hydrogens is 347 g/mol. The van der Waals surface area contributed by atoms with E-state index in [1.54, 1.807) is 28.8 Å². The van der Waals surface area contributed by atoms with Gasteiger partial charge in [-0.3, -0.25) is 9.36 Å². The predicted octanol–water partition coefficient (Wildman–Crippen LogP) is 3.41. The van der Waals surface area contributed by atoms with Crippen LogP contribution in [0, 0.1) is 0 Å². The Kier molecular flexibility index (Phi) is 8.25. The van der Waals surface area contributed by atoms with Gasteiger partial charge in [0.15, 0.2) is 0 Å². The summed E-state index contributed by atoms with van der Waals surface area (Å²) in [7, 11) is 0. The summed E-state index contributed by atoms with van der Waals surface area (Å²) in [4.78, 5) is 19.5. The highest BCUT2D eigenvalue weighted by atomic mass is 35.5. The van der Waals surface area contributed by atoms with Crippen LogP contribution in [0.4, 0.5) is 5.95 Å². The van der Waals surface area contributed by atoms with Crippen molar-refractivity contribution in [1.82, 2.24) is 14.5 Å². The van der Waals surface area contributed by atoms with Gasteiger partial charge in [-0.25, -0.2) is 4.98 Å². The lowest BCUT2D eigenvalue weighted by Gasteiger charge is -2.19. The van der Waals surface area contributed by atoms with Crippen molar-refractivity contribution in [3.8, 4) is 0 Å². The third-order valence-electron chi connectivity index (χ3n) is 3.83. The summed E-state index contributed by atoms with van der Waals surface area (Å²) in [5.74, 6) is 0.567. The van der Waals surface area contributed by atoms with E-state index in [1.807, 2.05) is 0 Å². The quantitative estimate of drug-likeness (QED) is 0.723. The molecule has 0 aliphatic rings. The highest BCUT2D eigenvalue weighted by molar-refractivity contribution is 6.31. The minimum absolute atomic E-state index is 0. The zero-order valence-corrected chi connectivity index (χ0v) is 15.7. The number of nitrogens with one attached hydrogen (secondary N) is 1. The molecule has 0 bridgehead atoms. The van der Waals surface area contributed by atoms with Crippen LogP contribution in [0.5, 0.6) is 0 Å². The van der Waals surface area contributed by atoms with Gasteiger partial charge in [0, 0.05) is 24.7 Å². The molecule has 0 atom stereocenters. The zero-order chi connectivity index (χ0) is 16.8. The number of likely N-dealkylation sites (N-methyl/N-ethyl adjacent to an activating group) is 1. The average molecular weight is 371 g/mol. The molecule has 0 fully saturated rings. The molecule has 5 nitrogen and oxygen atoms in total. The topological polar surface area (TPSA) is 50.2 Å². The second-order valence-corrected chi connectivity index (χ2v) is 5.69. The molecule has 132 valence electrons. The van der Waals surface area contributed by atoms with E-state index < -0.39 is 0 Å². The predicted molar refractivity (Wildman–Crippen MR) is 105 cm³/mol. The monoisotopic (exact) mass is 370 g/mol. The van der Waals surface area contributed by atoms with Crippen molar-refractivity contribution < 1.29 is 0 Å². The smallest absolute Gasteiger partial charge is 0.263 e. The Balaban J connectivity index is 0.00000288. The number of hydrogen-bond acceptors (Lipinski definition) is 4. The summed E-state index contributed by atoms with van der Waals surface area (Å²) in [5.41, 5.74) is 0.535. The van der Waals surface area contributed by atoms with E-state index in [4.69, 9.17) is 11.6 Å². The van der Waals surface area contributed by atoms with Crippen molar-refractivity contribution >= 4 is 40.9 Å². The van der Waals surface area contributed by atoms with Gasteiger partial charge in [0.25, 0.3) is 5.56 Å². The number of hydrogen-bond donors (Lipinski definition) is 1. The minimum Gasteiger partial charge on any atom is -0.354 e.